The zero-order chi connectivity index (χ0) is 28.8. The highest BCUT2D eigenvalue weighted by Gasteiger charge is 2.52. The Morgan fingerprint density at radius 2 is 1.77 bits per heavy atom. The lowest BCUT2D eigenvalue weighted by molar-refractivity contribution is -0.141. The van der Waals surface area contributed by atoms with E-state index in [1.165, 1.54) is 11.0 Å². The topological polar surface area (TPSA) is 82.5 Å². The third-order valence-electron chi connectivity index (χ3n) is 7.45. The average molecular weight is 580 g/mol. The molecule has 0 saturated heterocycles. The van der Waals surface area contributed by atoms with Gasteiger partial charge in [0.15, 0.2) is 11.3 Å². The van der Waals surface area contributed by atoms with E-state index in [4.69, 9.17) is 11.6 Å². The SMILES string of the molecule is O=C(NC1CCC(CN2C(=O)C(O)(c3cc(F)ccc3F)c3ccccc32)CC1)c1cc(Cl)cnc1C(F)(F)F. The normalized spacial score (nSPS) is 22.8. The number of aromatic nitrogens is 1. The molecule has 0 radical (unpaired) electrons. The number of anilines is 1. The van der Waals surface area contributed by atoms with Crippen LogP contribution in [0.2, 0.25) is 5.02 Å². The Bertz CT molecular complexity index is 1480. The number of amides is 2. The first-order chi connectivity index (χ1) is 18.9. The number of rotatable bonds is 5. The van der Waals surface area contributed by atoms with Gasteiger partial charge in [-0.3, -0.25) is 9.59 Å². The number of alkyl halides is 3. The lowest BCUT2D eigenvalue weighted by Crippen LogP contribution is -2.45. The number of aliphatic hydroxyl groups is 1. The second kappa shape index (κ2) is 10.4. The number of nitrogens with zero attached hydrogens (tertiary/aromatic N) is 2. The molecule has 1 aliphatic carbocycles. The number of fused-ring (bicyclic) bond motifs is 1. The molecule has 1 aliphatic heterocycles. The predicted octanol–water partition coefficient (Wildman–Crippen LogP) is 5.60. The summed E-state index contributed by atoms with van der Waals surface area (Å²) in [5, 5.41) is 14.0. The Morgan fingerprint density at radius 1 is 1.07 bits per heavy atom. The molecular weight excluding hydrogens is 557 g/mol. The first-order valence-corrected chi connectivity index (χ1v) is 12.9. The summed E-state index contributed by atoms with van der Waals surface area (Å²) in [4.78, 5) is 30.9. The van der Waals surface area contributed by atoms with E-state index in [0.29, 0.717) is 31.4 Å². The van der Waals surface area contributed by atoms with Crippen molar-refractivity contribution in [3.8, 4) is 0 Å². The smallest absolute Gasteiger partial charge is 0.372 e. The molecule has 12 heteroatoms. The molecule has 1 atom stereocenters. The van der Waals surface area contributed by atoms with Gasteiger partial charge in [0.1, 0.15) is 11.6 Å². The van der Waals surface area contributed by atoms with E-state index >= 15 is 0 Å². The molecule has 0 spiro atoms. The predicted molar refractivity (Wildman–Crippen MR) is 136 cm³/mol. The standard InChI is InChI=1S/C28H23ClF5N3O3/c29-16-11-19(24(35-13-16)28(32,33)34)25(38)36-18-8-5-15(6-9-18)14-37-23-4-2-1-3-20(23)27(40,26(37)39)21-12-17(30)7-10-22(21)31/h1-4,7,10-13,15,18,40H,5-6,8-9,14H2,(H,36,38). The summed E-state index contributed by atoms with van der Waals surface area (Å²) in [6, 6.07) is 9.44. The highest BCUT2D eigenvalue weighted by atomic mass is 35.5. The number of para-hydroxylation sites is 1. The van der Waals surface area contributed by atoms with Crippen molar-refractivity contribution in [1.82, 2.24) is 10.3 Å². The van der Waals surface area contributed by atoms with Crippen LogP contribution in [-0.2, 0) is 16.6 Å². The molecule has 0 bridgehead atoms. The fourth-order valence-electron chi connectivity index (χ4n) is 5.50. The van der Waals surface area contributed by atoms with Gasteiger partial charge in [-0.25, -0.2) is 13.8 Å². The second-order valence-corrected chi connectivity index (χ2v) is 10.4. The summed E-state index contributed by atoms with van der Waals surface area (Å²) in [5.74, 6) is -3.54. The number of halogens is 6. The maximum Gasteiger partial charge on any atom is 0.434 e. The van der Waals surface area contributed by atoms with E-state index in [0.717, 1.165) is 30.5 Å². The molecule has 210 valence electrons. The van der Waals surface area contributed by atoms with Crippen molar-refractivity contribution in [2.45, 2.75) is 43.5 Å². The molecule has 40 heavy (non-hydrogen) atoms. The van der Waals surface area contributed by atoms with Crippen LogP contribution in [0.4, 0.5) is 27.6 Å². The van der Waals surface area contributed by atoms with Crippen LogP contribution in [0.15, 0.2) is 54.7 Å². The van der Waals surface area contributed by atoms with Gasteiger partial charge in [0.25, 0.3) is 11.8 Å². The van der Waals surface area contributed by atoms with Crippen LogP contribution in [0.25, 0.3) is 0 Å². The van der Waals surface area contributed by atoms with Crippen molar-refractivity contribution < 1.29 is 36.6 Å². The number of carbonyl (C=O) groups excluding carboxylic acids is 2. The quantitative estimate of drug-likeness (QED) is 0.385. The van der Waals surface area contributed by atoms with Crippen LogP contribution in [0.3, 0.4) is 0 Å². The van der Waals surface area contributed by atoms with Crippen LogP contribution in [0.1, 0.15) is 52.9 Å². The molecule has 2 amide bonds. The van der Waals surface area contributed by atoms with Gasteiger partial charge in [-0.1, -0.05) is 29.8 Å². The van der Waals surface area contributed by atoms with Gasteiger partial charge in [0, 0.05) is 29.9 Å². The van der Waals surface area contributed by atoms with Gasteiger partial charge in [0.05, 0.1) is 16.3 Å². The van der Waals surface area contributed by atoms with Crippen LogP contribution >= 0.6 is 11.6 Å². The molecule has 2 heterocycles. The minimum Gasteiger partial charge on any atom is -0.372 e. The van der Waals surface area contributed by atoms with Crippen molar-refractivity contribution in [1.29, 1.82) is 0 Å². The van der Waals surface area contributed by atoms with Gasteiger partial charge in [0.2, 0.25) is 0 Å². The average Bonchev–Trinajstić information content (AvgIpc) is 3.13. The second-order valence-electron chi connectivity index (χ2n) is 10.0. The molecule has 5 rings (SSSR count). The van der Waals surface area contributed by atoms with E-state index < -0.39 is 58.1 Å². The first-order valence-electron chi connectivity index (χ1n) is 12.5. The van der Waals surface area contributed by atoms with Crippen molar-refractivity contribution in [3.63, 3.8) is 0 Å². The molecule has 1 unspecified atom stereocenters. The Balaban J connectivity index is 1.29. The van der Waals surface area contributed by atoms with Crippen molar-refractivity contribution in [2.24, 2.45) is 5.92 Å². The van der Waals surface area contributed by atoms with Crippen LogP contribution < -0.4 is 10.2 Å². The Labute approximate surface area is 230 Å². The minimum absolute atomic E-state index is 0.0802. The lowest BCUT2D eigenvalue weighted by Gasteiger charge is -2.32. The molecule has 1 fully saturated rings. The van der Waals surface area contributed by atoms with E-state index in [-0.39, 0.29) is 23.0 Å². The minimum atomic E-state index is -4.83. The van der Waals surface area contributed by atoms with E-state index in [2.05, 4.69) is 10.3 Å². The van der Waals surface area contributed by atoms with Crippen LogP contribution in [0.5, 0.6) is 0 Å². The van der Waals surface area contributed by atoms with Crippen molar-refractivity contribution in [2.75, 3.05) is 11.4 Å². The number of nitrogens with one attached hydrogen (secondary N) is 1. The molecule has 2 aromatic carbocycles. The first kappa shape index (κ1) is 28.0. The summed E-state index contributed by atoms with van der Waals surface area (Å²) in [7, 11) is 0. The van der Waals surface area contributed by atoms with Gasteiger partial charge < -0.3 is 15.3 Å². The number of hydrogen-bond donors (Lipinski definition) is 2. The zero-order valence-corrected chi connectivity index (χ0v) is 21.6. The molecule has 1 aromatic heterocycles. The summed E-state index contributed by atoms with van der Waals surface area (Å²) >= 11 is 5.78. The van der Waals surface area contributed by atoms with Gasteiger partial charge in [-0.2, -0.15) is 13.2 Å². The largest absolute Gasteiger partial charge is 0.434 e. The Kier molecular flexibility index (Phi) is 7.30. The number of pyridine rings is 1. The van der Waals surface area contributed by atoms with Gasteiger partial charge in [-0.05, 0) is 61.9 Å². The third-order valence-corrected chi connectivity index (χ3v) is 7.65. The van der Waals surface area contributed by atoms with Crippen molar-refractivity contribution in [3.05, 3.63) is 93.8 Å². The summed E-state index contributed by atoms with van der Waals surface area (Å²) in [6.07, 6.45) is -2.11. The van der Waals surface area contributed by atoms with Crippen LogP contribution in [0, 0.1) is 17.6 Å². The molecule has 6 nitrogen and oxygen atoms in total. The Morgan fingerprint density at radius 3 is 2.48 bits per heavy atom. The van der Waals surface area contributed by atoms with Gasteiger partial charge in [-0.15, -0.1) is 0 Å². The highest BCUT2D eigenvalue weighted by Crippen LogP contribution is 2.46. The molecule has 1 saturated carbocycles. The molecule has 3 aromatic rings. The fourth-order valence-corrected chi connectivity index (χ4v) is 5.66. The summed E-state index contributed by atoms with van der Waals surface area (Å²) in [5.41, 5.74) is -4.35. The van der Waals surface area contributed by atoms with E-state index in [1.807, 2.05) is 0 Å². The highest BCUT2D eigenvalue weighted by molar-refractivity contribution is 6.30. The summed E-state index contributed by atoms with van der Waals surface area (Å²) in [6.45, 7) is 0.173. The number of benzene rings is 2. The van der Waals surface area contributed by atoms with Gasteiger partial charge >= 0.3 is 6.18 Å². The number of carbonyl (C=O) groups is 2. The zero-order valence-electron chi connectivity index (χ0n) is 20.8. The molecular formula is C28H23ClF5N3O3. The van der Waals surface area contributed by atoms with E-state index in [9.17, 15) is 36.6 Å². The maximum absolute atomic E-state index is 14.7. The van der Waals surface area contributed by atoms with E-state index in [1.54, 1.807) is 18.2 Å². The maximum atomic E-state index is 14.7. The number of hydrogen-bond acceptors (Lipinski definition) is 4. The molecule has 2 N–H and O–H groups in total. The van der Waals surface area contributed by atoms with Crippen LogP contribution in [-0.4, -0.2) is 34.5 Å². The monoisotopic (exact) mass is 579 g/mol. The molecule has 2 aliphatic rings. The van der Waals surface area contributed by atoms with Crippen molar-refractivity contribution >= 4 is 29.1 Å². The summed E-state index contributed by atoms with van der Waals surface area (Å²) < 4.78 is 68.7. The third kappa shape index (κ3) is 5.03. The fraction of sp³-hybridized carbons (Fsp3) is 0.321. The lowest BCUT2D eigenvalue weighted by atomic mass is 9.85. The Hall–Kier alpha value is -3.57.